The number of nitrogens with zero attached hydrogens (tertiary/aromatic N) is 1. The van der Waals surface area contributed by atoms with Gasteiger partial charge in [0.2, 0.25) is 0 Å². The highest BCUT2D eigenvalue weighted by atomic mass is 16.5. The molecule has 132 valence electrons. The third-order valence-corrected chi connectivity index (χ3v) is 4.54. The molecule has 4 rings (SSSR count). The number of rotatable bonds is 5. The van der Waals surface area contributed by atoms with Gasteiger partial charge in [-0.1, -0.05) is 78.4 Å². The molecule has 0 atom stereocenters. The van der Waals surface area contributed by atoms with Crippen molar-refractivity contribution in [2.75, 3.05) is 0 Å². The Morgan fingerprint density at radius 1 is 0.778 bits per heavy atom. The van der Waals surface area contributed by atoms with Crippen LogP contribution in [0.3, 0.4) is 0 Å². The molecule has 0 heterocycles. The second-order valence-electron chi connectivity index (χ2n) is 6.57. The summed E-state index contributed by atoms with van der Waals surface area (Å²) < 4.78 is 6.15. The molecule has 0 saturated carbocycles. The summed E-state index contributed by atoms with van der Waals surface area (Å²) in [6, 6.07) is 30.9. The zero-order chi connectivity index (χ0) is 18.5. The third kappa shape index (κ3) is 4.06. The lowest BCUT2D eigenvalue weighted by Crippen LogP contribution is -1.99. The van der Waals surface area contributed by atoms with Gasteiger partial charge >= 0.3 is 0 Å². The molecule has 0 aliphatic heterocycles. The van der Waals surface area contributed by atoms with Crippen LogP contribution in [0.5, 0.6) is 5.75 Å². The summed E-state index contributed by atoms with van der Waals surface area (Å²) in [6.45, 7) is 2.61. The van der Waals surface area contributed by atoms with Crippen molar-refractivity contribution in [1.82, 2.24) is 0 Å². The van der Waals surface area contributed by atoms with E-state index >= 15 is 0 Å². The van der Waals surface area contributed by atoms with Crippen molar-refractivity contribution < 1.29 is 4.74 Å². The topological polar surface area (TPSA) is 21.6 Å². The molecule has 0 amide bonds. The minimum atomic E-state index is 0.532. The van der Waals surface area contributed by atoms with E-state index < -0.39 is 0 Å². The van der Waals surface area contributed by atoms with Crippen molar-refractivity contribution in [2.45, 2.75) is 13.5 Å². The van der Waals surface area contributed by atoms with Gasteiger partial charge in [0.15, 0.2) is 0 Å². The number of benzene rings is 4. The Labute approximate surface area is 159 Å². The van der Waals surface area contributed by atoms with Gasteiger partial charge in [-0.05, 0) is 41.5 Å². The van der Waals surface area contributed by atoms with Crippen LogP contribution in [-0.2, 0) is 6.61 Å². The van der Waals surface area contributed by atoms with Crippen molar-refractivity contribution >= 4 is 22.7 Å². The Balaban J connectivity index is 1.70. The summed E-state index contributed by atoms with van der Waals surface area (Å²) >= 11 is 0. The van der Waals surface area contributed by atoms with E-state index in [1.54, 1.807) is 0 Å². The van der Waals surface area contributed by atoms with Crippen molar-refractivity contribution in [3.8, 4) is 5.75 Å². The first-order valence-corrected chi connectivity index (χ1v) is 9.09. The summed E-state index contributed by atoms with van der Waals surface area (Å²) in [7, 11) is 0. The molecule has 0 spiro atoms. The minimum absolute atomic E-state index is 0.532. The third-order valence-electron chi connectivity index (χ3n) is 4.54. The van der Waals surface area contributed by atoms with Crippen LogP contribution >= 0.6 is 0 Å². The van der Waals surface area contributed by atoms with E-state index in [0.717, 1.165) is 28.0 Å². The predicted molar refractivity (Wildman–Crippen MR) is 113 cm³/mol. The minimum Gasteiger partial charge on any atom is -0.488 e. The predicted octanol–water partition coefficient (Wildman–Crippen LogP) is 6.48. The summed E-state index contributed by atoms with van der Waals surface area (Å²) in [6.07, 6.45) is 1.91. The van der Waals surface area contributed by atoms with E-state index in [1.807, 2.05) is 54.7 Å². The standard InChI is InChI=1S/C25H21NO/c1-19-11-14-22(15-12-19)26-17-24-23-10-6-5-9-21(23)13-16-25(24)27-18-20-7-3-2-4-8-20/h2-17H,18H2,1H3. The summed E-state index contributed by atoms with van der Waals surface area (Å²) in [5.74, 6) is 0.841. The van der Waals surface area contributed by atoms with E-state index in [9.17, 15) is 0 Å². The number of ether oxygens (including phenoxy) is 1. The summed E-state index contributed by atoms with van der Waals surface area (Å²) in [5.41, 5.74) is 4.31. The number of aliphatic imine (C=N–C) groups is 1. The molecular formula is C25H21NO. The Morgan fingerprint density at radius 2 is 1.52 bits per heavy atom. The molecule has 2 heteroatoms. The van der Waals surface area contributed by atoms with E-state index in [1.165, 1.54) is 10.9 Å². The fourth-order valence-electron chi connectivity index (χ4n) is 3.04. The van der Waals surface area contributed by atoms with Crippen LogP contribution in [0.4, 0.5) is 5.69 Å². The maximum atomic E-state index is 6.15. The van der Waals surface area contributed by atoms with Crippen LogP contribution in [0.1, 0.15) is 16.7 Å². The molecule has 2 nitrogen and oxygen atoms in total. The molecule has 0 N–H and O–H groups in total. The van der Waals surface area contributed by atoms with Crippen molar-refractivity contribution in [2.24, 2.45) is 4.99 Å². The molecular weight excluding hydrogens is 330 g/mol. The second kappa shape index (κ2) is 7.88. The molecule has 4 aromatic carbocycles. The number of hydrogen-bond donors (Lipinski definition) is 0. The van der Waals surface area contributed by atoms with Crippen LogP contribution in [0, 0.1) is 6.92 Å². The fourth-order valence-corrected chi connectivity index (χ4v) is 3.04. The maximum absolute atomic E-state index is 6.15. The smallest absolute Gasteiger partial charge is 0.129 e. The molecule has 27 heavy (non-hydrogen) atoms. The Morgan fingerprint density at radius 3 is 2.33 bits per heavy atom. The van der Waals surface area contributed by atoms with Crippen LogP contribution in [-0.4, -0.2) is 6.21 Å². The molecule has 0 radical (unpaired) electrons. The van der Waals surface area contributed by atoms with Crippen LogP contribution < -0.4 is 4.74 Å². The van der Waals surface area contributed by atoms with Crippen molar-refractivity contribution in [3.05, 3.63) is 108 Å². The Kier molecular flexibility index (Phi) is 4.97. The van der Waals surface area contributed by atoms with Gasteiger partial charge in [-0.25, -0.2) is 0 Å². The normalized spacial score (nSPS) is 11.1. The molecule has 0 fully saturated rings. The van der Waals surface area contributed by atoms with E-state index in [-0.39, 0.29) is 0 Å². The summed E-state index contributed by atoms with van der Waals surface area (Å²) in [4.78, 5) is 4.68. The number of aryl methyl sites for hydroxylation is 1. The van der Waals surface area contributed by atoms with Gasteiger partial charge in [0.1, 0.15) is 12.4 Å². The monoisotopic (exact) mass is 351 g/mol. The molecule has 0 aliphatic carbocycles. The highest BCUT2D eigenvalue weighted by Crippen LogP contribution is 2.28. The first-order valence-electron chi connectivity index (χ1n) is 9.09. The first kappa shape index (κ1) is 17.0. The van der Waals surface area contributed by atoms with Gasteiger partial charge in [0, 0.05) is 11.8 Å². The first-order chi connectivity index (χ1) is 13.3. The molecule has 0 bridgehead atoms. The van der Waals surface area contributed by atoms with Gasteiger partial charge in [0.25, 0.3) is 0 Å². The largest absolute Gasteiger partial charge is 0.488 e. The maximum Gasteiger partial charge on any atom is 0.129 e. The van der Waals surface area contributed by atoms with Gasteiger partial charge < -0.3 is 4.74 Å². The zero-order valence-electron chi connectivity index (χ0n) is 15.3. The average Bonchev–Trinajstić information content (AvgIpc) is 2.73. The number of fused-ring (bicyclic) bond motifs is 1. The van der Waals surface area contributed by atoms with Crippen LogP contribution in [0.25, 0.3) is 10.8 Å². The average molecular weight is 351 g/mol. The lowest BCUT2D eigenvalue weighted by atomic mass is 10.0. The van der Waals surface area contributed by atoms with E-state index in [4.69, 9.17) is 4.74 Å². The zero-order valence-corrected chi connectivity index (χ0v) is 15.3. The van der Waals surface area contributed by atoms with Crippen LogP contribution in [0.15, 0.2) is 96.0 Å². The van der Waals surface area contributed by atoms with Crippen LogP contribution in [0.2, 0.25) is 0 Å². The second-order valence-corrected chi connectivity index (χ2v) is 6.57. The van der Waals surface area contributed by atoms with E-state index in [0.29, 0.717) is 6.61 Å². The highest BCUT2D eigenvalue weighted by molar-refractivity contribution is 6.03. The van der Waals surface area contributed by atoms with Gasteiger partial charge in [-0.2, -0.15) is 0 Å². The molecule has 4 aromatic rings. The molecule has 0 aliphatic rings. The SMILES string of the molecule is Cc1ccc(N=Cc2c(OCc3ccccc3)ccc3ccccc23)cc1. The molecule has 0 aromatic heterocycles. The number of hydrogen-bond acceptors (Lipinski definition) is 2. The lowest BCUT2D eigenvalue weighted by Gasteiger charge is -2.12. The quantitative estimate of drug-likeness (QED) is 0.377. The van der Waals surface area contributed by atoms with Gasteiger partial charge in [-0.3, -0.25) is 4.99 Å². The van der Waals surface area contributed by atoms with Crippen molar-refractivity contribution in [1.29, 1.82) is 0 Å². The Bertz CT molecular complexity index is 1070. The van der Waals surface area contributed by atoms with Crippen molar-refractivity contribution in [3.63, 3.8) is 0 Å². The van der Waals surface area contributed by atoms with E-state index in [2.05, 4.69) is 54.4 Å². The fraction of sp³-hybridized carbons (Fsp3) is 0.0800. The summed E-state index contributed by atoms with van der Waals surface area (Å²) in [5, 5.41) is 2.31. The van der Waals surface area contributed by atoms with Gasteiger partial charge in [-0.15, -0.1) is 0 Å². The Hall–Kier alpha value is -3.39. The lowest BCUT2D eigenvalue weighted by molar-refractivity contribution is 0.306. The molecule has 0 unspecified atom stereocenters. The molecule has 0 saturated heterocycles. The highest BCUT2D eigenvalue weighted by Gasteiger charge is 2.07. The van der Waals surface area contributed by atoms with Gasteiger partial charge in [0.05, 0.1) is 5.69 Å².